The number of hydrogen-bond donors (Lipinski definition) is 2. The summed E-state index contributed by atoms with van der Waals surface area (Å²) in [5.74, 6) is 0.293. The third kappa shape index (κ3) is 3.47. The standard InChI is InChI=1S/C10H13BN6O4S/c18-22(19,13-7-11-20-4-1-5-21-11)8-2-3-9(12-6-8)10-14-16-17-15-10/h2-3,6,13H,1,4-5,7H2,(H,14,15,16,17). The molecule has 22 heavy (non-hydrogen) atoms. The van der Waals surface area contributed by atoms with Crippen molar-refractivity contribution in [3.8, 4) is 11.5 Å². The van der Waals surface area contributed by atoms with E-state index in [1.807, 2.05) is 0 Å². The van der Waals surface area contributed by atoms with Crippen LogP contribution in [0.5, 0.6) is 0 Å². The third-order valence-corrected chi connectivity index (χ3v) is 4.37. The monoisotopic (exact) mass is 324 g/mol. The Morgan fingerprint density at radius 1 is 1.32 bits per heavy atom. The summed E-state index contributed by atoms with van der Waals surface area (Å²) >= 11 is 0. The maximum absolute atomic E-state index is 12.2. The lowest BCUT2D eigenvalue weighted by Gasteiger charge is -2.19. The molecule has 12 heteroatoms. The molecule has 1 aliphatic rings. The minimum Gasteiger partial charge on any atom is -0.410 e. The van der Waals surface area contributed by atoms with Crippen LogP contribution in [0.3, 0.4) is 0 Å². The topological polar surface area (TPSA) is 132 Å². The molecule has 2 N–H and O–H groups in total. The van der Waals surface area contributed by atoms with Gasteiger partial charge in [-0.2, -0.15) is 5.21 Å². The molecule has 3 rings (SSSR count). The molecule has 0 saturated carbocycles. The highest BCUT2D eigenvalue weighted by atomic mass is 32.2. The Bertz CT molecular complexity index is 702. The maximum atomic E-state index is 12.2. The van der Waals surface area contributed by atoms with Gasteiger partial charge in [0.1, 0.15) is 10.6 Å². The quantitative estimate of drug-likeness (QED) is 0.670. The molecule has 1 fully saturated rings. The van der Waals surface area contributed by atoms with E-state index in [1.165, 1.54) is 18.3 Å². The van der Waals surface area contributed by atoms with Crippen molar-refractivity contribution >= 4 is 17.1 Å². The van der Waals surface area contributed by atoms with E-state index in [1.54, 1.807) is 0 Å². The van der Waals surface area contributed by atoms with E-state index >= 15 is 0 Å². The van der Waals surface area contributed by atoms with Crippen LogP contribution in [-0.4, -0.2) is 60.8 Å². The van der Waals surface area contributed by atoms with Crippen LogP contribution in [0.4, 0.5) is 0 Å². The molecular weight excluding hydrogens is 311 g/mol. The first kappa shape index (κ1) is 15.0. The second kappa shape index (κ2) is 6.48. The van der Waals surface area contributed by atoms with Crippen molar-refractivity contribution in [2.75, 3.05) is 19.7 Å². The van der Waals surface area contributed by atoms with E-state index < -0.39 is 17.1 Å². The lowest BCUT2D eigenvalue weighted by molar-refractivity contribution is 0.134. The summed E-state index contributed by atoms with van der Waals surface area (Å²) in [5.41, 5.74) is 0.423. The number of hydrogen-bond acceptors (Lipinski definition) is 8. The summed E-state index contributed by atoms with van der Waals surface area (Å²) in [4.78, 5) is 4.05. The fourth-order valence-corrected chi connectivity index (χ4v) is 2.82. The molecule has 3 heterocycles. The first-order valence-electron chi connectivity index (χ1n) is 6.58. The van der Waals surface area contributed by atoms with Gasteiger partial charge in [-0.1, -0.05) is 0 Å². The molecule has 2 aromatic rings. The molecule has 116 valence electrons. The first-order valence-corrected chi connectivity index (χ1v) is 8.06. The molecule has 0 spiro atoms. The summed E-state index contributed by atoms with van der Waals surface area (Å²) in [7, 11) is -4.24. The number of rotatable bonds is 5. The molecule has 0 aliphatic carbocycles. The zero-order valence-corrected chi connectivity index (χ0v) is 12.3. The zero-order chi connectivity index (χ0) is 15.4. The van der Waals surface area contributed by atoms with Gasteiger partial charge in [-0.05, 0) is 23.8 Å². The molecule has 1 aliphatic heterocycles. The molecule has 0 atom stereocenters. The Labute approximate surface area is 126 Å². The summed E-state index contributed by atoms with van der Waals surface area (Å²) in [6.07, 6.45) is 2.09. The third-order valence-electron chi connectivity index (χ3n) is 2.96. The molecule has 2 aromatic heterocycles. The zero-order valence-electron chi connectivity index (χ0n) is 11.5. The fourth-order valence-electron chi connectivity index (χ4n) is 1.86. The van der Waals surface area contributed by atoms with Gasteiger partial charge in [0.05, 0.1) is 0 Å². The molecule has 0 aromatic carbocycles. The van der Waals surface area contributed by atoms with Crippen LogP contribution in [0.15, 0.2) is 23.2 Å². The normalized spacial score (nSPS) is 15.9. The van der Waals surface area contributed by atoms with Crippen molar-refractivity contribution < 1.29 is 17.7 Å². The predicted octanol–water partition coefficient (Wildman–Crippen LogP) is -0.996. The van der Waals surface area contributed by atoms with Crippen LogP contribution in [-0.2, 0) is 19.3 Å². The molecule has 0 radical (unpaired) electrons. The van der Waals surface area contributed by atoms with E-state index in [9.17, 15) is 8.42 Å². The minimum absolute atomic E-state index is 0.0376. The van der Waals surface area contributed by atoms with Crippen molar-refractivity contribution in [2.24, 2.45) is 0 Å². The number of pyridine rings is 1. The Kier molecular flexibility index (Phi) is 4.43. The smallest absolute Gasteiger partial charge is 0.410 e. The molecule has 0 bridgehead atoms. The van der Waals surface area contributed by atoms with Gasteiger partial charge in [-0.3, -0.25) is 4.98 Å². The average Bonchev–Trinajstić information content (AvgIpc) is 3.09. The number of aromatic amines is 1. The first-order chi connectivity index (χ1) is 10.6. The van der Waals surface area contributed by atoms with Gasteiger partial charge in [0.25, 0.3) is 0 Å². The van der Waals surface area contributed by atoms with Gasteiger partial charge >= 0.3 is 7.12 Å². The average molecular weight is 324 g/mol. The van der Waals surface area contributed by atoms with Crippen LogP contribution in [0.2, 0.25) is 0 Å². The number of nitrogens with zero attached hydrogens (tertiary/aromatic N) is 4. The van der Waals surface area contributed by atoms with Crippen molar-refractivity contribution in [1.29, 1.82) is 0 Å². The molecule has 0 unspecified atom stereocenters. The van der Waals surface area contributed by atoms with E-state index in [4.69, 9.17) is 9.31 Å². The van der Waals surface area contributed by atoms with Gasteiger partial charge in [0, 0.05) is 25.9 Å². The largest absolute Gasteiger partial charge is 0.472 e. The van der Waals surface area contributed by atoms with E-state index in [-0.39, 0.29) is 11.3 Å². The molecule has 1 saturated heterocycles. The van der Waals surface area contributed by atoms with Gasteiger partial charge < -0.3 is 9.31 Å². The van der Waals surface area contributed by atoms with E-state index in [2.05, 4.69) is 30.3 Å². The van der Waals surface area contributed by atoms with Gasteiger partial charge in [-0.15, -0.1) is 10.2 Å². The van der Waals surface area contributed by atoms with Crippen molar-refractivity contribution in [3.05, 3.63) is 18.3 Å². The number of nitrogens with one attached hydrogen (secondary N) is 2. The molecule has 0 amide bonds. The van der Waals surface area contributed by atoms with Gasteiger partial charge in [-0.25, -0.2) is 13.1 Å². The van der Waals surface area contributed by atoms with Crippen molar-refractivity contribution in [1.82, 2.24) is 30.3 Å². The number of aromatic nitrogens is 5. The lowest BCUT2D eigenvalue weighted by Crippen LogP contribution is -2.41. The Morgan fingerprint density at radius 2 is 2.14 bits per heavy atom. The lowest BCUT2D eigenvalue weighted by atomic mass is 9.90. The summed E-state index contributed by atoms with van der Waals surface area (Å²) in [6, 6.07) is 2.93. The van der Waals surface area contributed by atoms with Gasteiger partial charge in [0.15, 0.2) is 0 Å². The van der Waals surface area contributed by atoms with E-state index in [0.717, 1.165) is 6.42 Å². The maximum Gasteiger partial charge on any atom is 0.472 e. The highest BCUT2D eigenvalue weighted by molar-refractivity contribution is 7.89. The van der Waals surface area contributed by atoms with Crippen LogP contribution < -0.4 is 4.72 Å². The van der Waals surface area contributed by atoms with Crippen LogP contribution in [0.25, 0.3) is 11.5 Å². The minimum atomic E-state index is -3.68. The Morgan fingerprint density at radius 3 is 2.77 bits per heavy atom. The SMILES string of the molecule is O=S(=O)(NCB1OCCCO1)c1ccc(-c2nn[nH]n2)nc1. The number of H-pyrrole nitrogens is 1. The predicted molar refractivity (Wildman–Crippen MR) is 74.9 cm³/mol. The summed E-state index contributed by atoms with van der Waals surface area (Å²) in [6.45, 7) is 1.13. The number of tetrazole rings is 1. The van der Waals surface area contributed by atoms with E-state index in [0.29, 0.717) is 24.7 Å². The number of sulfonamides is 1. The Hall–Kier alpha value is -1.89. The highest BCUT2D eigenvalue weighted by Crippen LogP contribution is 2.13. The highest BCUT2D eigenvalue weighted by Gasteiger charge is 2.25. The van der Waals surface area contributed by atoms with Crippen LogP contribution in [0, 0.1) is 0 Å². The second-order valence-corrected chi connectivity index (χ2v) is 6.26. The summed E-state index contributed by atoms with van der Waals surface area (Å²) < 4.78 is 37.3. The molecule has 10 nitrogen and oxygen atoms in total. The molecular formula is C10H13BN6O4S. The fraction of sp³-hybridized carbons (Fsp3) is 0.400. The van der Waals surface area contributed by atoms with Crippen LogP contribution >= 0.6 is 0 Å². The Balaban J connectivity index is 1.66. The van der Waals surface area contributed by atoms with Gasteiger partial charge in [0.2, 0.25) is 15.8 Å². The second-order valence-electron chi connectivity index (χ2n) is 4.49. The summed E-state index contributed by atoms with van der Waals surface area (Å²) in [5, 5.41) is 13.3. The van der Waals surface area contributed by atoms with Crippen molar-refractivity contribution in [3.63, 3.8) is 0 Å². The van der Waals surface area contributed by atoms with Crippen molar-refractivity contribution in [2.45, 2.75) is 11.3 Å². The van der Waals surface area contributed by atoms with Crippen LogP contribution in [0.1, 0.15) is 6.42 Å².